The van der Waals surface area contributed by atoms with E-state index in [1.165, 1.54) is 25.8 Å². The number of ketones is 1. The van der Waals surface area contributed by atoms with Crippen molar-refractivity contribution in [2.75, 3.05) is 13.1 Å². The Morgan fingerprint density at radius 1 is 1.28 bits per heavy atom. The second-order valence-electron chi connectivity index (χ2n) is 6.57. The minimum Gasteiger partial charge on any atom is -0.300 e. The summed E-state index contributed by atoms with van der Waals surface area (Å²) in [6, 6.07) is 0.661. The molecule has 104 valence electrons. The van der Waals surface area contributed by atoms with Crippen LogP contribution in [-0.2, 0) is 4.79 Å². The zero-order chi connectivity index (χ0) is 13.1. The molecule has 0 aromatic rings. The van der Waals surface area contributed by atoms with E-state index in [9.17, 15) is 4.79 Å². The molecule has 0 aromatic carbocycles. The van der Waals surface area contributed by atoms with Crippen molar-refractivity contribution in [2.24, 2.45) is 17.8 Å². The summed E-state index contributed by atoms with van der Waals surface area (Å²) in [7, 11) is 0. The predicted octanol–water partition coefficient (Wildman–Crippen LogP) is 3.50. The van der Waals surface area contributed by atoms with Gasteiger partial charge in [-0.05, 0) is 51.0 Å². The first-order valence-electron chi connectivity index (χ1n) is 7.88. The van der Waals surface area contributed by atoms with Crippen molar-refractivity contribution in [3.8, 4) is 0 Å². The number of rotatable bonds is 3. The third-order valence-electron chi connectivity index (χ3n) is 5.41. The molecular formula is C16H29NO. The molecule has 1 saturated carbocycles. The molecule has 1 heterocycles. The first-order valence-corrected chi connectivity index (χ1v) is 7.88. The molecule has 18 heavy (non-hydrogen) atoms. The Kier molecular flexibility index (Phi) is 4.83. The summed E-state index contributed by atoms with van der Waals surface area (Å²) in [4.78, 5) is 14.7. The van der Waals surface area contributed by atoms with Crippen LogP contribution in [0.4, 0.5) is 0 Å². The average Bonchev–Trinajstić information content (AvgIpc) is 2.37. The molecule has 1 aliphatic carbocycles. The minimum atomic E-state index is 0.330. The summed E-state index contributed by atoms with van der Waals surface area (Å²) < 4.78 is 0. The molecule has 1 saturated heterocycles. The van der Waals surface area contributed by atoms with Crippen LogP contribution < -0.4 is 0 Å². The number of hydrogen-bond acceptors (Lipinski definition) is 2. The fourth-order valence-corrected chi connectivity index (χ4v) is 3.71. The van der Waals surface area contributed by atoms with Crippen LogP contribution >= 0.6 is 0 Å². The molecule has 2 heteroatoms. The lowest BCUT2D eigenvalue weighted by molar-refractivity contribution is -0.126. The highest BCUT2D eigenvalue weighted by molar-refractivity contribution is 5.81. The zero-order valence-electron chi connectivity index (χ0n) is 12.3. The first kappa shape index (κ1) is 14.0. The van der Waals surface area contributed by atoms with Gasteiger partial charge in [-0.2, -0.15) is 0 Å². The molecule has 2 fully saturated rings. The second-order valence-corrected chi connectivity index (χ2v) is 6.57. The Morgan fingerprint density at radius 2 is 2.06 bits per heavy atom. The molecule has 0 spiro atoms. The normalized spacial score (nSPS) is 38.9. The van der Waals surface area contributed by atoms with Gasteiger partial charge in [-0.3, -0.25) is 9.69 Å². The van der Waals surface area contributed by atoms with Crippen molar-refractivity contribution >= 4 is 5.78 Å². The Balaban J connectivity index is 1.92. The van der Waals surface area contributed by atoms with Gasteiger partial charge < -0.3 is 0 Å². The van der Waals surface area contributed by atoms with Crippen LogP contribution in [0.5, 0.6) is 0 Å². The third kappa shape index (κ3) is 3.14. The van der Waals surface area contributed by atoms with Crippen LogP contribution in [-0.4, -0.2) is 29.8 Å². The molecule has 0 bridgehead atoms. The van der Waals surface area contributed by atoms with Gasteiger partial charge in [-0.1, -0.05) is 20.3 Å². The maximum Gasteiger partial charge on any atom is 0.137 e. The Bertz CT molecular complexity index is 289. The van der Waals surface area contributed by atoms with Gasteiger partial charge in [0.15, 0.2) is 0 Å². The molecule has 4 atom stereocenters. The van der Waals surface area contributed by atoms with Crippen LogP contribution in [0.2, 0.25) is 0 Å². The van der Waals surface area contributed by atoms with E-state index in [1.54, 1.807) is 0 Å². The maximum absolute atomic E-state index is 12.1. The van der Waals surface area contributed by atoms with Gasteiger partial charge in [0.2, 0.25) is 0 Å². The highest BCUT2D eigenvalue weighted by Crippen LogP contribution is 2.31. The van der Waals surface area contributed by atoms with Crippen molar-refractivity contribution in [3.63, 3.8) is 0 Å². The van der Waals surface area contributed by atoms with E-state index in [2.05, 4.69) is 25.7 Å². The van der Waals surface area contributed by atoms with Gasteiger partial charge in [-0.25, -0.2) is 0 Å². The molecule has 2 aliphatic rings. The highest BCUT2D eigenvalue weighted by atomic mass is 16.1. The van der Waals surface area contributed by atoms with Crippen LogP contribution in [0.1, 0.15) is 59.3 Å². The smallest absolute Gasteiger partial charge is 0.137 e. The lowest BCUT2D eigenvalue weighted by Gasteiger charge is -2.40. The zero-order valence-corrected chi connectivity index (χ0v) is 12.3. The van der Waals surface area contributed by atoms with E-state index in [0.29, 0.717) is 17.7 Å². The van der Waals surface area contributed by atoms with Crippen LogP contribution in [0, 0.1) is 17.8 Å². The summed E-state index contributed by atoms with van der Waals surface area (Å²) in [6.45, 7) is 9.19. The van der Waals surface area contributed by atoms with Crippen molar-refractivity contribution in [1.82, 2.24) is 4.90 Å². The number of nitrogens with zero attached hydrogens (tertiary/aromatic N) is 1. The van der Waals surface area contributed by atoms with E-state index in [0.717, 1.165) is 37.6 Å². The van der Waals surface area contributed by atoms with Crippen LogP contribution in [0.3, 0.4) is 0 Å². The third-order valence-corrected chi connectivity index (χ3v) is 5.41. The first-order chi connectivity index (χ1) is 8.61. The van der Waals surface area contributed by atoms with E-state index in [1.807, 2.05) is 0 Å². The quantitative estimate of drug-likeness (QED) is 0.765. The Hall–Kier alpha value is -0.370. The predicted molar refractivity (Wildman–Crippen MR) is 75.6 cm³/mol. The molecular weight excluding hydrogens is 222 g/mol. The van der Waals surface area contributed by atoms with Gasteiger partial charge in [0, 0.05) is 24.9 Å². The summed E-state index contributed by atoms with van der Waals surface area (Å²) in [5, 5.41) is 0. The van der Waals surface area contributed by atoms with Gasteiger partial charge in [0.25, 0.3) is 0 Å². The topological polar surface area (TPSA) is 20.3 Å². The lowest BCUT2D eigenvalue weighted by Crippen LogP contribution is -2.46. The summed E-state index contributed by atoms with van der Waals surface area (Å²) in [6.07, 6.45) is 7.03. The molecule has 0 aromatic heterocycles. The Labute approximate surface area is 112 Å². The van der Waals surface area contributed by atoms with E-state index in [-0.39, 0.29) is 0 Å². The summed E-state index contributed by atoms with van der Waals surface area (Å²) in [5.74, 6) is 2.45. The molecule has 4 unspecified atom stereocenters. The van der Waals surface area contributed by atoms with Crippen molar-refractivity contribution in [1.29, 1.82) is 0 Å². The summed E-state index contributed by atoms with van der Waals surface area (Å²) in [5.41, 5.74) is 0. The molecule has 0 N–H and O–H groups in total. The lowest BCUT2D eigenvalue weighted by atomic mass is 9.78. The Morgan fingerprint density at radius 3 is 2.78 bits per heavy atom. The number of hydrogen-bond donors (Lipinski definition) is 0. The van der Waals surface area contributed by atoms with Crippen LogP contribution in [0.15, 0.2) is 0 Å². The number of Topliss-reactive ketones (excluding diaryl/α,β-unsaturated/α-hetero) is 1. The SMILES string of the molecule is CCC1CCC(=O)C(CN2CCCC(C)C2C)C1. The number of carbonyl (C=O) groups excluding carboxylic acids is 1. The van der Waals surface area contributed by atoms with E-state index >= 15 is 0 Å². The van der Waals surface area contributed by atoms with Crippen molar-refractivity contribution in [3.05, 3.63) is 0 Å². The van der Waals surface area contributed by atoms with Gasteiger partial charge in [-0.15, -0.1) is 0 Å². The molecule has 2 nitrogen and oxygen atoms in total. The molecule has 2 rings (SSSR count). The van der Waals surface area contributed by atoms with Gasteiger partial charge in [0.1, 0.15) is 5.78 Å². The maximum atomic E-state index is 12.1. The second kappa shape index (κ2) is 6.18. The fourth-order valence-electron chi connectivity index (χ4n) is 3.71. The largest absolute Gasteiger partial charge is 0.300 e. The standard InChI is InChI=1S/C16H29NO/c1-4-14-7-8-16(18)15(10-14)11-17-9-5-6-12(2)13(17)3/h12-15H,4-11H2,1-3H3. The van der Waals surface area contributed by atoms with Gasteiger partial charge >= 0.3 is 0 Å². The number of likely N-dealkylation sites (tertiary alicyclic amines) is 1. The summed E-state index contributed by atoms with van der Waals surface area (Å²) >= 11 is 0. The monoisotopic (exact) mass is 251 g/mol. The van der Waals surface area contributed by atoms with Gasteiger partial charge in [0.05, 0.1) is 0 Å². The van der Waals surface area contributed by atoms with Crippen molar-refractivity contribution < 1.29 is 4.79 Å². The number of carbonyl (C=O) groups is 1. The highest BCUT2D eigenvalue weighted by Gasteiger charge is 2.32. The van der Waals surface area contributed by atoms with Crippen LogP contribution in [0.25, 0.3) is 0 Å². The molecule has 0 amide bonds. The van der Waals surface area contributed by atoms with E-state index < -0.39 is 0 Å². The minimum absolute atomic E-state index is 0.330. The average molecular weight is 251 g/mol. The molecule has 0 radical (unpaired) electrons. The fraction of sp³-hybridized carbons (Fsp3) is 0.938. The van der Waals surface area contributed by atoms with Crippen molar-refractivity contribution in [2.45, 2.75) is 65.3 Å². The van der Waals surface area contributed by atoms with E-state index in [4.69, 9.17) is 0 Å². The molecule has 1 aliphatic heterocycles. The number of piperidine rings is 1.